The zero-order chi connectivity index (χ0) is 21.2. The third-order valence-corrected chi connectivity index (χ3v) is 3.91. The van der Waals surface area contributed by atoms with Crippen LogP contribution in [0.2, 0.25) is 0 Å². The molecule has 166 valence electrons. The van der Waals surface area contributed by atoms with Gasteiger partial charge in [0.05, 0.1) is 27.4 Å². The van der Waals surface area contributed by atoms with Crippen molar-refractivity contribution in [2.45, 2.75) is 26.6 Å². The van der Waals surface area contributed by atoms with Gasteiger partial charge in [0.1, 0.15) is 0 Å². The minimum Gasteiger partial charge on any atom is -0.493 e. The van der Waals surface area contributed by atoms with E-state index in [-0.39, 0.29) is 48.0 Å². The van der Waals surface area contributed by atoms with Crippen molar-refractivity contribution in [1.82, 2.24) is 5.32 Å². The van der Waals surface area contributed by atoms with E-state index in [1.165, 1.54) is 0 Å². The van der Waals surface area contributed by atoms with Crippen molar-refractivity contribution in [2.75, 3.05) is 20.8 Å². The van der Waals surface area contributed by atoms with Crippen molar-refractivity contribution in [3.8, 4) is 23.0 Å². The second-order valence-electron chi connectivity index (χ2n) is 5.80. The molecule has 0 radical (unpaired) electrons. The summed E-state index contributed by atoms with van der Waals surface area (Å²) in [5, 5.41) is 2.89. The number of aliphatic imine (C=N–C) groups is 1. The van der Waals surface area contributed by atoms with Crippen LogP contribution in [0.4, 0.5) is 8.78 Å². The molecule has 2 aromatic rings. The van der Waals surface area contributed by atoms with E-state index in [0.717, 1.165) is 5.56 Å². The summed E-state index contributed by atoms with van der Waals surface area (Å²) in [5.74, 6) is 1.59. The highest BCUT2D eigenvalue weighted by atomic mass is 127. The Morgan fingerprint density at radius 2 is 1.83 bits per heavy atom. The molecule has 3 N–H and O–H groups in total. The molecule has 0 unspecified atom stereocenters. The summed E-state index contributed by atoms with van der Waals surface area (Å²) in [4.78, 5) is 4.26. The summed E-state index contributed by atoms with van der Waals surface area (Å²) in [7, 11) is 3.11. The standard InChI is InChI=1S/C20H25F2N3O4.HI/c1-4-28-16-7-5-6-14(18(16)29-19(21)22)12-25-20(23)24-11-13-8-9-15(26-2)17(10-13)27-3;/h5-10,19H,4,11-12H2,1-3H3,(H3,23,24,25);1H. The highest BCUT2D eigenvalue weighted by Crippen LogP contribution is 2.32. The van der Waals surface area contributed by atoms with E-state index in [1.807, 2.05) is 6.07 Å². The van der Waals surface area contributed by atoms with Gasteiger partial charge in [-0.25, -0.2) is 4.99 Å². The summed E-state index contributed by atoms with van der Waals surface area (Å²) in [5.41, 5.74) is 7.25. The smallest absolute Gasteiger partial charge is 0.387 e. The minimum absolute atomic E-state index is 0. The van der Waals surface area contributed by atoms with Gasteiger partial charge in [0, 0.05) is 12.1 Å². The van der Waals surface area contributed by atoms with Crippen molar-refractivity contribution in [1.29, 1.82) is 0 Å². The Hall–Kier alpha value is -2.50. The van der Waals surface area contributed by atoms with Gasteiger partial charge in [-0.15, -0.1) is 24.0 Å². The second-order valence-corrected chi connectivity index (χ2v) is 5.80. The fourth-order valence-electron chi connectivity index (χ4n) is 2.59. The van der Waals surface area contributed by atoms with Crippen LogP contribution in [0.1, 0.15) is 18.1 Å². The van der Waals surface area contributed by atoms with Gasteiger partial charge in [-0.2, -0.15) is 8.78 Å². The molecular weight excluding hydrogens is 511 g/mol. The highest BCUT2D eigenvalue weighted by molar-refractivity contribution is 14.0. The largest absolute Gasteiger partial charge is 0.493 e. The number of nitrogens with zero attached hydrogens (tertiary/aromatic N) is 1. The molecule has 2 rings (SSSR count). The van der Waals surface area contributed by atoms with Gasteiger partial charge in [0.15, 0.2) is 29.0 Å². The number of halogens is 3. The maximum absolute atomic E-state index is 12.8. The first kappa shape index (κ1) is 25.5. The SMILES string of the molecule is CCOc1cccc(CNC(N)=NCc2ccc(OC)c(OC)c2)c1OC(F)F.I. The van der Waals surface area contributed by atoms with Gasteiger partial charge in [0.2, 0.25) is 0 Å². The quantitative estimate of drug-likeness (QED) is 0.272. The molecular formula is C20H26F2IN3O4. The van der Waals surface area contributed by atoms with Gasteiger partial charge in [-0.3, -0.25) is 0 Å². The number of para-hydroxylation sites is 1. The fourth-order valence-corrected chi connectivity index (χ4v) is 2.59. The molecule has 0 spiro atoms. The van der Waals surface area contributed by atoms with E-state index in [1.54, 1.807) is 51.5 Å². The van der Waals surface area contributed by atoms with Crippen LogP contribution in [0.15, 0.2) is 41.4 Å². The van der Waals surface area contributed by atoms with Crippen LogP contribution in [-0.4, -0.2) is 33.4 Å². The first-order valence-corrected chi connectivity index (χ1v) is 8.92. The van der Waals surface area contributed by atoms with E-state index in [4.69, 9.17) is 19.9 Å². The molecule has 30 heavy (non-hydrogen) atoms. The summed E-state index contributed by atoms with van der Waals surface area (Å²) in [6.07, 6.45) is 0. The Morgan fingerprint density at radius 3 is 2.47 bits per heavy atom. The van der Waals surface area contributed by atoms with Gasteiger partial charge in [0.25, 0.3) is 0 Å². The number of rotatable bonds is 10. The number of guanidine groups is 1. The molecule has 0 atom stereocenters. The average Bonchev–Trinajstić information content (AvgIpc) is 2.72. The Morgan fingerprint density at radius 1 is 1.10 bits per heavy atom. The molecule has 7 nitrogen and oxygen atoms in total. The number of nitrogens with one attached hydrogen (secondary N) is 1. The minimum atomic E-state index is -2.97. The zero-order valence-corrected chi connectivity index (χ0v) is 19.3. The molecule has 0 aliphatic carbocycles. The number of alkyl halides is 2. The molecule has 0 aliphatic heterocycles. The summed E-state index contributed by atoms with van der Waals surface area (Å²) < 4.78 is 46.0. The van der Waals surface area contributed by atoms with Crippen LogP contribution in [0.5, 0.6) is 23.0 Å². The van der Waals surface area contributed by atoms with Crippen LogP contribution in [0.3, 0.4) is 0 Å². The second kappa shape index (κ2) is 12.9. The van der Waals surface area contributed by atoms with E-state index in [2.05, 4.69) is 15.0 Å². The summed E-state index contributed by atoms with van der Waals surface area (Å²) in [6.45, 7) is -0.434. The zero-order valence-electron chi connectivity index (χ0n) is 17.0. The molecule has 0 aliphatic rings. The average molecular weight is 537 g/mol. The number of ether oxygens (including phenoxy) is 4. The maximum Gasteiger partial charge on any atom is 0.387 e. The highest BCUT2D eigenvalue weighted by Gasteiger charge is 2.15. The first-order valence-electron chi connectivity index (χ1n) is 8.92. The van der Waals surface area contributed by atoms with E-state index < -0.39 is 6.61 Å². The fraction of sp³-hybridized carbons (Fsp3) is 0.350. The normalized spacial score (nSPS) is 10.9. The van der Waals surface area contributed by atoms with Gasteiger partial charge < -0.3 is 30.0 Å². The molecule has 0 heterocycles. The van der Waals surface area contributed by atoms with Crippen molar-refractivity contribution >= 4 is 29.9 Å². The molecule has 0 saturated heterocycles. The number of benzene rings is 2. The Bertz CT molecular complexity index is 838. The molecule has 0 amide bonds. The summed E-state index contributed by atoms with van der Waals surface area (Å²) >= 11 is 0. The molecule has 0 bridgehead atoms. The molecule has 0 aromatic heterocycles. The third kappa shape index (κ3) is 7.39. The lowest BCUT2D eigenvalue weighted by Gasteiger charge is -2.16. The number of hydrogen-bond donors (Lipinski definition) is 2. The van der Waals surface area contributed by atoms with Crippen LogP contribution in [0.25, 0.3) is 0 Å². The van der Waals surface area contributed by atoms with Crippen LogP contribution in [0, 0.1) is 0 Å². The molecule has 10 heteroatoms. The third-order valence-electron chi connectivity index (χ3n) is 3.91. The lowest BCUT2D eigenvalue weighted by atomic mass is 10.2. The van der Waals surface area contributed by atoms with Crippen molar-refractivity contribution < 1.29 is 27.7 Å². The van der Waals surface area contributed by atoms with Gasteiger partial charge >= 0.3 is 6.61 Å². The first-order chi connectivity index (χ1) is 14.0. The predicted molar refractivity (Wildman–Crippen MR) is 121 cm³/mol. The Labute approximate surface area is 191 Å². The predicted octanol–water partition coefficient (Wildman–Crippen LogP) is 3.93. The topological polar surface area (TPSA) is 87.3 Å². The monoisotopic (exact) mass is 537 g/mol. The van der Waals surface area contributed by atoms with Crippen molar-refractivity contribution in [3.05, 3.63) is 47.5 Å². The van der Waals surface area contributed by atoms with Crippen LogP contribution >= 0.6 is 24.0 Å². The lowest BCUT2D eigenvalue weighted by Crippen LogP contribution is -2.31. The van der Waals surface area contributed by atoms with Gasteiger partial charge in [-0.05, 0) is 30.7 Å². The van der Waals surface area contributed by atoms with Crippen LogP contribution < -0.4 is 30.0 Å². The number of hydrogen-bond acceptors (Lipinski definition) is 5. The van der Waals surface area contributed by atoms with Crippen molar-refractivity contribution in [2.24, 2.45) is 10.7 Å². The van der Waals surface area contributed by atoms with Crippen molar-refractivity contribution in [3.63, 3.8) is 0 Å². The van der Waals surface area contributed by atoms with Crippen LogP contribution in [-0.2, 0) is 13.1 Å². The number of nitrogens with two attached hydrogens (primary N) is 1. The Balaban J connectivity index is 0.00000450. The molecule has 0 fully saturated rings. The number of methoxy groups -OCH3 is 2. The summed E-state index contributed by atoms with van der Waals surface area (Å²) in [6, 6.07) is 10.3. The molecule has 0 saturated carbocycles. The van der Waals surface area contributed by atoms with E-state index in [0.29, 0.717) is 30.2 Å². The molecule has 2 aromatic carbocycles. The Kier molecular flexibility index (Phi) is 11.0. The van der Waals surface area contributed by atoms with Gasteiger partial charge in [-0.1, -0.05) is 18.2 Å². The maximum atomic E-state index is 12.8. The van der Waals surface area contributed by atoms with E-state index >= 15 is 0 Å². The lowest BCUT2D eigenvalue weighted by molar-refractivity contribution is -0.0520. The van der Waals surface area contributed by atoms with E-state index in [9.17, 15) is 8.78 Å².